The van der Waals surface area contributed by atoms with E-state index in [0.717, 1.165) is 21.3 Å². The first-order valence-electron chi connectivity index (χ1n) is 5.16. The summed E-state index contributed by atoms with van der Waals surface area (Å²) in [7, 11) is 0. The Morgan fingerprint density at radius 2 is 1.38 bits per heavy atom. The molecule has 0 unspecified atom stereocenters. The maximum Gasteiger partial charge on any atom is 0.289 e. The van der Waals surface area contributed by atoms with Gasteiger partial charge >= 0.3 is 0 Å². The third-order valence-corrected chi connectivity index (χ3v) is 8.14. The van der Waals surface area contributed by atoms with Crippen LogP contribution in [0.15, 0.2) is 13.2 Å². The van der Waals surface area contributed by atoms with Gasteiger partial charge in [-0.25, -0.2) is 0 Å². The molecule has 0 spiro atoms. The van der Waals surface area contributed by atoms with Crippen molar-refractivity contribution in [2.45, 2.75) is 45.6 Å². The van der Waals surface area contributed by atoms with Gasteiger partial charge in [0, 0.05) is 0 Å². The molecule has 0 saturated carbocycles. The number of thioether (sulfide) groups is 2. The molecule has 6 heteroatoms. The van der Waals surface area contributed by atoms with E-state index in [4.69, 9.17) is 0 Å². The molecule has 2 heterocycles. The lowest BCUT2D eigenvalue weighted by atomic mass is 10.1. The predicted molar refractivity (Wildman–Crippen MR) is 73.3 cm³/mol. The van der Waals surface area contributed by atoms with Gasteiger partial charge < -0.3 is 0 Å². The van der Waals surface area contributed by atoms with Crippen molar-refractivity contribution in [3.8, 4) is 0 Å². The van der Waals surface area contributed by atoms with Gasteiger partial charge in [-0.15, -0.1) is 23.5 Å². The molecule has 1 aromatic rings. The van der Waals surface area contributed by atoms with Crippen molar-refractivity contribution in [2.75, 3.05) is 0 Å². The molecule has 0 amide bonds. The van der Waals surface area contributed by atoms with Crippen molar-refractivity contribution in [1.82, 2.24) is 0 Å². The molecule has 0 fully saturated rings. The number of carbonyl (C=O) groups is 1. The van der Waals surface area contributed by atoms with Crippen molar-refractivity contribution in [2.24, 2.45) is 0 Å². The normalized spacial score (nSPS) is 25.2. The maximum atomic E-state index is 12.1. The van der Waals surface area contributed by atoms with E-state index < -0.39 is 0 Å². The number of Topliss-reactive ketones (excluding diaryl/α,β-unsaturated/α-hetero) is 1. The van der Waals surface area contributed by atoms with Crippen LogP contribution in [0.2, 0.25) is 0 Å². The van der Waals surface area contributed by atoms with Crippen LogP contribution in [0.1, 0.15) is 26.7 Å². The van der Waals surface area contributed by atoms with E-state index in [-0.39, 0.29) is 14.6 Å². The molecule has 1 aliphatic heterocycles. The van der Waals surface area contributed by atoms with E-state index in [1.807, 2.05) is 13.8 Å². The van der Waals surface area contributed by atoms with E-state index in [9.17, 15) is 9.59 Å². The molecule has 0 radical (unpaired) electrons. The summed E-state index contributed by atoms with van der Waals surface area (Å²) in [5.41, 5.74) is 0. The Bertz CT molecular complexity index is 411. The van der Waals surface area contributed by atoms with E-state index in [1.54, 1.807) is 23.5 Å². The highest BCUT2D eigenvalue weighted by Gasteiger charge is 2.32. The van der Waals surface area contributed by atoms with E-state index in [2.05, 4.69) is 0 Å². The first kappa shape index (κ1) is 12.7. The number of rotatable bonds is 2. The predicted octanol–water partition coefficient (Wildman–Crippen LogP) is 3.49. The Hall–Kier alpha value is 0.220. The molecule has 0 bridgehead atoms. The molecule has 0 aliphatic carbocycles. The first-order chi connectivity index (χ1) is 7.65. The second-order valence-corrected chi connectivity index (χ2v) is 8.63. The molecule has 88 valence electrons. The number of hydrogen-bond donors (Lipinski definition) is 0. The quantitative estimate of drug-likeness (QED) is 0.835. The molecule has 1 aliphatic rings. The third-order valence-electron chi connectivity index (χ3n) is 2.39. The molecule has 1 aromatic heterocycles. The van der Waals surface area contributed by atoms with Gasteiger partial charge in [-0.2, -0.15) is 0 Å². The number of hydrogen-bond acceptors (Lipinski definition) is 6. The average Bonchev–Trinajstić information content (AvgIpc) is 2.56. The zero-order chi connectivity index (χ0) is 11.7. The minimum absolute atomic E-state index is 0.0314. The lowest BCUT2D eigenvalue weighted by molar-refractivity contribution is -0.118. The Morgan fingerprint density at radius 1 is 0.938 bits per heavy atom. The van der Waals surface area contributed by atoms with Crippen LogP contribution in [-0.4, -0.2) is 16.3 Å². The summed E-state index contributed by atoms with van der Waals surface area (Å²) in [6.07, 6.45) is 1.69. The van der Waals surface area contributed by atoms with Crippen LogP contribution in [0.3, 0.4) is 0 Å². The summed E-state index contributed by atoms with van der Waals surface area (Å²) >= 11 is 5.75. The number of ketones is 1. The van der Waals surface area contributed by atoms with Crippen LogP contribution in [0.4, 0.5) is 0 Å². The van der Waals surface area contributed by atoms with Crippen LogP contribution >= 0.6 is 46.2 Å². The van der Waals surface area contributed by atoms with Crippen molar-refractivity contribution in [3.05, 3.63) is 8.85 Å². The van der Waals surface area contributed by atoms with Crippen LogP contribution in [-0.2, 0) is 4.79 Å². The molecule has 2 rings (SSSR count). The molecule has 2 nitrogen and oxygen atoms in total. The Morgan fingerprint density at radius 3 is 1.75 bits per heavy atom. The van der Waals surface area contributed by atoms with E-state index in [0.29, 0.717) is 5.78 Å². The summed E-state index contributed by atoms with van der Waals surface area (Å²) in [5, 5.41) is 0.0629. The minimum atomic E-state index is 0.0314. The van der Waals surface area contributed by atoms with Crippen LogP contribution in [0, 0.1) is 0 Å². The zero-order valence-electron chi connectivity index (χ0n) is 9.02. The molecule has 0 N–H and O–H groups in total. The SMILES string of the molecule is CC[C@@H]1Sc2sc(=O)sc2S[C@@H](CC)C1=O. The Labute approximate surface area is 111 Å². The van der Waals surface area contributed by atoms with E-state index in [1.165, 1.54) is 22.7 Å². The van der Waals surface area contributed by atoms with E-state index >= 15 is 0 Å². The van der Waals surface area contributed by atoms with Gasteiger partial charge in [0.05, 0.1) is 18.9 Å². The average molecular weight is 292 g/mol. The van der Waals surface area contributed by atoms with Crippen LogP contribution < -0.4 is 4.06 Å². The van der Waals surface area contributed by atoms with Crippen LogP contribution in [0.5, 0.6) is 0 Å². The molecule has 0 aromatic carbocycles. The maximum absolute atomic E-state index is 12.1. The van der Waals surface area contributed by atoms with Crippen molar-refractivity contribution >= 4 is 52.0 Å². The fraction of sp³-hybridized carbons (Fsp3) is 0.600. The summed E-state index contributed by atoms with van der Waals surface area (Å²) in [6.45, 7) is 4.07. The fourth-order valence-corrected chi connectivity index (χ4v) is 7.31. The van der Waals surface area contributed by atoms with Crippen LogP contribution in [0.25, 0.3) is 0 Å². The zero-order valence-corrected chi connectivity index (χ0v) is 12.3. The summed E-state index contributed by atoms with van der Waals surface area (Å²) in [6, 6.07) is 0. The molecule has 2 atom stereocenters. The highest BCUT2D eigenvalue weighted by Crippen LogP contribution is 2.45. The Balaban J connectivity index is 2.38. The second-order valence-electron chi connectivity index (χ2n) is 3.46. The highest BCUT2D eigenvalue weighted by atomic mass is 32.2. The van der Waals surface area contributed by atoms with Crippen molar-refractivity contribution in [1.29, 1.82) is 0 Å². The molecule has 16 heavy (non-hydrogen) atoms. The second kappa shape index (κ2) is 5.25. The third kappa shape index (κ3) is 2.39. The molecule has 0 saturated heterocycles. The molecular formula is C10H12O2S4. The number of fused-ring (bicyclic) bond motifs is 1. The summed E-state index contributed by atoms with van der Waals surface area (Å²) < 4.78 is 2.25. The molecular weight excluding hydrogens is 280 g/mol. The fourth-order valence-electron chi connectivity index (χ4n) is 1.55. The lowest BCUT2D eigenvalue weighted by Gasteiger charge is -2.14. The smallest absolute Gasteiger partial charge is 0.289 e. The summed E-state index contributed by atoms with van der Waals surface area (Å²) in [5.74, 6) is 0.336. The Kier molecular flexibility index (Phi) is 4.15. The summed E-state index contributed by atoms with van der Waals surface area (Å²) in [4.78, 5) is 23.5. The monoisotopic (exact) mass is 292 g/mol. The topological polar surface area (TPSA) is 34.1 Å². The van der Waals surface area contributed by atoms with Gasteiger partial charge in [0.2, 0.25) is 0 Å². The first-order valence-corrected chi connectivity index (χ1v) is 8.55. The number of carbonyl (C=O) groups excluding carboxylic acids is 1. The lowest BCUT2D eigenvalue weighted by Crippen LogP contribution is -2.25. The van der Waals surface area contributed by atoms with Gasteiger partial charge in [0.15, 0.2) is 5.78 Å². The van der Waals surface area contributed by atoms with Crippen molar-refractivity contribution in [3.63, 3.8) is 0 Å². The largest absolute Gasteiger partial charge is 0.297 e. The van der Waals surface area contributed by atoms with Crippen molar-refractivity contribution < 1.29 is 4.79 Å². The van der Waals surface area contributed by atoms with Gasteiger partial charge in [-0.05, 0) is 12.8 Å². The standard InChI is InChI=1S/C10H12O2S4/c1-3-5-7(11)6(4-2)14-9-8(13-5)15-10(12)16-9/h5-6H,3-4H2,1-2H3/t5-,6-/m0/s1. The van der Waals surface area contributed by atoms with Gasteiger partial charge in [0.1, 0.15) is 0 Å². The van der Waals surface area contributed by atoms with Gasteiger partial charge in [0.25, 0.3) is 4.06 Å². The highest BCUT2D eigenvalue weighted by molar-refractivity contribution is 8.07. The minimum Gasteiger partial charge on any atom is -0.297 e. The van der Waals surface area contributed by atoms with Gasteiger partial charge in [-0.3, -0.25) is 9.59 Å². The van der Waals surface area contributed by atoms with Gasteiger partial charge in [-0.1, -0.05) is 36.5 Å².